The van der Waals surface area contributed by atoms with Crippen molar-refractivity contribution in [1.82, 2.24) is 9.66 Å². The van der Waals surface area contributed by atoms with E-state index in [0.717, 1.165) is 16.9 Å². The van der Waals surface area contributed by atoms with Crippen molar-refractivity contribution in [2.75, 3.05) is 18.3 Å². The number of sulfone groups is 1. The third kappa shape index (κ3) is 5.20. The molecule has 3 aromatic rings. The van der Waals surface area contributed by atoms with E-state index in [1.165, 1.54) is 23.4 Å². The third-order valence-corrected chi connectivity index (χ3v) is 7.73. The predicted octanol–water partition coefficient (Wildman–Crippen LogP) is 3.60. The van der Waals surface area contributed by atoms with Gasteiger partial charge in [0.2, 0.25) is 14.2 Å². The number of nitrogens with one attached hydrogen (secondary N) is 1. The summed E-state index contributed by atoms with van der Waals surface area (Å²) in [5, 5.41) is 1.38. The zero-order chi connectivity index (χ0) is 22.8. The summed E-state index contributed by atoms with van der Waals surface area (Å²) in [6.07, 6.45) is 1.52. The molecule has 0 aliphatic rings. The Balaban J connectivity index is 1.89. The zero-order valence-electron chi connectivity index (χ0n) is 17.6. The summed E-state index contributed by atoms with van der Waals surface area (Å²) in [4.78, 5) is 29.1. The Hall–Kier alpha value is -2.98. The van der Waals surface area contributed by atoms with Crippen LogP contribution in [0.25, 0.3) is 11.1 Å². The Morgan fingerprint density at radius 1 is 1.16 bits per heavy atom. The van der Waals surface area contributed by atoms with Gasteiger partial charge in [-0.05, 0) is 17.0 Å². The van der Waals surface area contributed by atoms with E-state index in [9.17, 15) is 18.0 Å². The van der Waals surface area contributed by atoms with Crippen LogP contribution in [0.5, 0.6) is 0 Å². The minimum absolute atomic E-state index is 0.0525. The molecule has 1 aromatic carbocycles. The van der Waals surface area contributed by atoms with Crippen LogP contribution in [-0.4, -0.2) is 42.8 Å². The molecule has 8 nitrogen and oxygen atoms in total. The summed E-state index contributed by atoms with van der Waals surface area (Å²) in [5.41, 5.74) is 3.57. The number of carbonyl (C=O) groups excluding carboxylic acids is 2. The molecule has 2 heterocycles. The lowest BCUT2D eigenvalue weighted by Crippen LogP contribution is -2.26. The molecule has 0 saturated heterocycles. The van der Waals surface area contributed by atoms with Crippen LogP contribution in [-0.2, 0) is 14.6 Å². The number of amides is 1. The first-order valence-electron chi connectivity index (χ1n) is 9.36. The summed E-state index contributed by atoms with van der Waals surface area (Å²) in [6, 6.07) is 10.9. The van der Waals surface area contributed by atoms with Crippen LogP contribution < -0.4 is 5.43 Å². The number of benzene rings is 1. The largest absolute Gasteiger partial charge is 0.464 e. The number of hydrogen-bond acceptors (Lipinski definition) is 7. The number of hydrogen-bond donors (Lipinski definition) is 1. The van der Waals surface area contributed by atoms with Gasteiger partial charge in [-0.2, -0.15) is 0 Å². The summed E-state index contributed by atoms with van der Waals surface area (Å²) in [7, 11) is -2.36. The standard InChI is InChI=1S/C21H23N3O5S2/c1-21(2,3)13-31(27,28)20-22-16(12-30-20)18(25)23-24-11-10-15(17(24)19(26)29-4)14-8-6-5-7-9-14/h5-12H,13H2,1-4H3,(H,23,25). The summed E-state index contributed by atoms with van der Waals surface area (Å²) >= 11 is 0.892. The van der Waals surface area contributed by atoms with Crippen LogP contribution in [0, 0.1) is 5.41 Å². The Morgan fingerprint density at radius 2 is 1.84 bits per heavy atom. The van der Waals surface area contributed by atoms with E-state index in [-0.39, 0.29) is 21.5 Å². The van der Waals surface area contributed by atoms with Gasteiger partial charge in [-0.3, -0.25) is 14.9 Å². The molecule has 31 heavy (non-hydrogen) atoms. The molecule has 0 fully saturated rings. The fourth-order valence-electron chi connectivity index (χ4n) is 2.98. The lowest BCUT2D eigenvalue weighted by molar-refractivity contribution is 0.0591. The van der Waals surface area contributed by atoms with Crippen molar-refractivity contribution in [3.8, 4) is 11.1 Å². The highest BCUT2D eigenvalue weighted by molar-refractivity contribution is 7.93. The fourth-order valence-corrected chi connectivity index (χ4v) is 5.92. The molecule has 1 N–H and O–H groups in total. The van der Waals surface area contributed by atoms with Gasteiger partial charge in [0.15, 0.2) is 5.69 Å². The van der Waals surface area contributed by atoms with Gasteiger partial charge in [0.05, 0.1) is 12.9 Å². The monoisotopic (exact) mass is 461 g/mol. The van der Waals surface area contributed by atoms with Crippen LogP contribution in [0.15, 0.2) is 52.3 Å². The lowest BCUT2D eigenvalue weighted by Gasteiger charge is -2.16. The molecule has 0 aliphatic carbocycles. The maximum absolute atomic E-state index is 12.7. The molecule has 10 heteroatoms. The first kappa shape index (κ1) is 22.7. The molecule has 0 saturated carbocycles. The Labute approximate surface area is 184 Å². The number of thiazole rings is 1. The van der Waals surface area contributed by atoms with Crippen molar-refractivity contribution in [3.05, 3.63) is 59.4 Å². The average molecular weight is 462 g/mol. The minimum atomic E-state index is -3.61. The number of rotatable bonds is 6. The van der Waals surface area contributed by atoms with E-state index in [0.29, 0.717) is 5.56 Å². The van der Waals surface area contributed by atoms with Gasteiger partial charge >= 0.3 is 5.97 Å². The molecule has 0 unspecified atom stereocenters. The third-order valence-electron chi connectivity index (χ3n) is 4.18. The first-order valence-corrected chi connectivity index (χ1v) is 11.9. The second kappa shape index (κ2) is 8.64. The van der Waals surface area contributed by atoms with Gasteiger partial charge in [0.25, 0.3) is 5.91 Å². The van der Waals surface area contributed by atoms with Gasteiger partial charge in [-0.15, -0.1) is 11.3 Å². The molecule has 0 radical (unpaired) electrons. The Bertz CT molecular complexity index is 1210. The normalized spacial score (nSPS) is 11.9. The molecule has 0 spiro atoms. The molecule has 0 bridgehead atoms. The van der Waals surface area contributed by atoms with E-state index >= 15 is 0 Å². The van der Waals surface area contributed by atoms with Gasteiger partial charge in [0, 0.05) is 17.1 Å². The highest BCUT2D eigenvalue weighted by atomic mass is 32.2. The molecule has 0 aliphatic heterocycles. The predicted molar refractivity (Wildman–Crippen MR) is 119 cm³/mol. The molecule has 1 amide bonds. The maximum atomic E-state index is 12.7. The summed E-state index contributed by atoms with van der Waals surface area (Å²) in [5.74, 6) is -1.36. The van der Waals surface area contributed by atoms with E-state index < -0.39 is 27.1 Å². The quantitative estimate of drug-likeness (QED) is 0.562. The van der Waals surface area contributed by atoms with E-state index in [1.807, 2.05) is 51.1 Å². The van der Waals surface area contributed by atoms with Crippen LogP contribution in [0.3, 0.4) is 0 Å². The number of methoxy groups -OCH3 is 1. The smallest absolute Gasteiger partial charge is 0.357 e. The van der Waals surface area contributed by atoms with Gasteiger partial charge in [0.1, 0.15) is 5.69 Å². The van der Waals surface area contributed by atoms with E-state index in [2.05, 4.69) is 10.4 Å². The molecule has 3 rings (SSSR count). The number of esters is 1. The lowest BCUT2D eigenvalue weighted by atomic mass is 10.0. The maximum Gasteiger partial charge on any atom is 0.357 e. The highest BCUT2D eigenvalue weighted by Gasteiger charge is 2.28. The van der Waals surface area contributed by atoms with Crippen LogP contribution in [0.4, 0.5) is 0 Å². The second-order valence-electron chi connectivity index (χ2n) is 8.06. The van der Waals surface area contributed by atoms with Crippen molar-refractivity contribution < 1.29 is 22.7 Å². The minimum Gasteiger partial charge on any atom is -0.464 e. The fraction of sp³-hybridized carbons (Fsp3) is 0.286. The second-order valence-corrected chi connectivity index (χ2v) is 11.1. The van der Waals surface area contributed by atoms with Crippen LogP contribution in [0.1, 0.15) is 41.7 Å². The highest BCUT2D eigenvalue weighted by Crippen LogP contribution is 2.26. The van der Waals surface area contributed by atoms with Crippen molar-refractivity contribution in [2.24, 2.45) is 5.41 Å². The Kier molecular flexibility index (Phi) is 6.33. The summed E-state index contributed by atoms with van der Waals surface area (Å²) < 4.78 is 31.1. The molecule has 164 valence electrons. The van der Waals surface area contributed by atoms with Crippen molar-refractivity contribution >= 4 is 33.1 Å². The Morgan fingerprint density at radius 3 is 2.45 bits per heavy atom. The number of aromatic nitrogens is 2. The molecular weight excluding hydrogens is 438 g/mol. The van der Waals surface area contributed by atoms with Crippen molar-refractivity contribution in [3.63, 3.8) is 0 Å². The average Bonchev–Trinajstić information content (AvgIpc) is 3.34. The van der Waals surface area contributed by atoms with Crippen LogP contribution in [0.2, 0.25) is 0 Å². The molecule has 0 atom stereocenters. The number of ether oxygens (including phenoxy) is 1. The topological polar surface area (TPSA) is 107 Å². The van der Waals surface area contributed by atoms with Crippen molar-refractivity contribution in [1.29, 1.82) is 0 Å². The van der Waals surface area contributed by atoms with E-state index in [1.54, 1.807) is 6.07 Å². The van der Waals surface area contributed by atoms with Gasteiger partial charge in [-0.1, -0.05) is 51.1 Å². The van der Waals surface area contributed by atoms with Crippen LogP contribution >= 0.6 is 11.3 Å². The van der Waals surface area contributed by atoms with Crippen molar-refractivity contribution in [2.45, 2.75) is 25.1 Å². The molecule has 2 aromatic heterocycles. The summed E-state index contributed by atoms with van der Waals surface area (Å²) in [6.45, 7) is 5.45. The number of carbonyl (C=O) groups is 2. The van der Waals surface area contributed by atoms with Gasteiger partial charge < -0.3 is 4.74 Å². The zero-order valence-corrected chi connectivity index (χ0v) is 19.2. The SMILES string of the molecule is COC(=O)c1c(-c2ccccc2)ccn1NC(=O)c1csc(S(=O)(=O)CC(C)(C)C)n1. The first-order chi connectivity index (χ1) is 14.5. The number of nitrogens with zero attached hydrogens (tertiary/aromatic N) is 2. The van der Waals surface area contributed by atoms with Gasteiger partial charge in [-0.25, -0.2) is 18.2 Å². The molecular formula is C21H23N3O5S2. The van der Waals surface area contributed by atoms with E-state index in [4.69, 9.17) is 4.74 Å².